The zero-order chi connectivity index (χ0) is 21.1. The molecule has 0 saturated carbocycles. The van der Waals surface area contributed by atoms with E-state index in [1.165, 1.54) is 16.4 Å². The number of carbonyl (C=O) groups excluding carboxylic acids is 1. The molecule has 160 valence electrons. The van der Waals surface area contributed by atoms with E-state index in [9.17, 15) is 13.2 Å². The lowest BCUT2D eigenvalue weighted by Crippen LogP contribution is -2.33. The molecule has 1 aromatic carbocycles. The third kappa shape index (κ3) is 4.24. The van der Waals surface area contributed by atoms with Crippen LogP contribution < -0.4 is 0 Å². The Labute approximate surface area is 182 Å². The van der Waals surface area contributed by atoms with Crippen LogP contribution >= 0.6 is 11.6 Å². The van der Waals surface area contributed by atoms with Crippen molar-refractivity contribution in [1.82, 2.24) is 14.2 Å². The Morgan fingerprint density at radius 1 is 1.03 bits per heavy atom. The Kier molecular flexibility index (Phi) is 6.41. The van der Waals surface area contributed by atoms with Gasteiger partial charge in [-0.1, -0.05) is 30.5 Å². The molecule has 3 heterocycles. The molecule has 2 fully saturated rings. The lowest BCUT2D eigenvalue weighted by Gasteiger charge is -2.26. The van der Waals surface area contributed by atoms with E-state index in [0.717, 1.165) is 44.1 Å². The van der Waals surface area contributed by atoms with Crippen LogP contribution in [0.4, 0.5) is 0 Å². The second-order valence-electron chi connectivity index (χ2n) is 7.91. The number of likely N-dealkylation sites (tertiary alicyclic amines) is 1. The summed E-state index contributed by atoms with van der Waals surface area (Å²) in [7, 11) is -3.74. The number of sulfonamides is 1. The van der Waals surface area contributed by atoms with Gasteiger partial charge in [0.15, 0.2) is 0 Å². The number of nitrogens with zero attached hydrogens (tertiary/aromatic N) is 3. The second-order valence-corrected chi connectivity index (χ2v) is 10.2. The van der Waals surface area contributed by atoms with Crippen LogP contribution in [0.5, 0.6) is 0 Å². The molecule has 8 heteroatoms. The quantitative estimate of drug-likeness (QED) is 0.701. The largest absolute Gasteiger partial charge is 0.332 e. The van der Waals surface area contributed by atoms with Gasteiger partial charge < -0.3 is 4.90 Å². The lowest BCUT2D eigenvalue weighted by atomic mass is 10.1. The summed E-state index contributed by atoms with van der Waals surface area (Å²) in [6.07, 6.45) is 9.01. The van der Waals surface area contributed by atoms with Crippen LogP contribution in [0.1, 0.15) is 60.5 Å². The SMILES string of the molecule is O=C(c1ccc(Cl)c(S(=O)(=O)N2CCCCCC2)c1)N1CCC[C@H]1c1cccnc1. The van der Waals surface area contributed by atoms with Crippen LogP contribution in [0.2, 0.25) is 5.02 Å². The summed E-state index contributed by atoms with van der Waals surface area (Å²) >= 11 is 6.29. The molecule has 0 aliphatic carbocycles. The fourth-order valence-corrected chi connectivity index (χ4v) is 6.37. The van der Waals surface area contributed by atoms with E-state index < -0.39 is 10.0 Å². The zero-order valence-corrected chi connectivity index (χ0v) is 18.4. The van der Waals surface area contributed by atoms with Crippen molar-refractivity contribution in [3.8, 4) is 0 Å². The third-order valence-corrected chi connectivity index (χ3v) is 8.32. The number of hydrogen-bond donors (Lipinski definition) is 0. The predicted molar refractivity (Wildman–Crippen MR) is 116 cm³/mol. The minimum absolute atomic E-state index is 0.0223. The maximum Gasteiger partial charge on any atom is 0.254 e. The molecule has 0 bridgehead atoms. The van der Waals surface area contributed by atoms with Gasteiger partial charge in [-0.25, -0.2) is 8.42 Å². The number of benzene rings is 1. The van der Waals surface area contributed by atoms with Gasteiger partial charge in [0.2, 0.25) is 10.0 Å². The van der Waals surface area contributed by atoms with E-state index >= 15 is 0 Å². The fraction of sp³-hybridized carbons (Fsp3) is 0.455. The molecule has 2 saturated heterocycles. The maximum absolute atomic E-state index is 13.3. The number of amides is 1. The molecule has 2 aliphatic heterocycles. The van der Waals surface area contributed by atoms with Crippen LogP contribution in [-0.2, 0) is 10.0 Å². The molecular formula is C22H26ClN3O3S. The number of aromatic nitrogens is 1. The molecule has 0 radical (unpaired) electrons. The van der Waals surface area contributed by atoms with Crippen LogP contribution in [0.3, 0.4) is 0 Å². The highest BCUT2D eigenvalue weighted by Crippen LogP contribution is 2.34. The molecule has 2 aliphatic rings. The first kappa shape index (κ1) is 21.3. The van der Waals surface area contributed by atoms with Gasteiger partial charge >= 0.3 is 0 Å². The fourth-order valence-electron chi connectivity index (χ4n) is 4.35. The highest BCUT2D eigenvalue weighted by Gasteiger charge is 2.33. The second kappa shape index (κ2) is 9.04. The molecule has 1 atom stereocenters. The van der Waals surface area contributed by atoms with Crippen molar-refractivity contribution in [2.75, 3.05) is 19.6 Å². The van der Waals surface area contributed by atoms with Crippen LogP contribution in [0, 0.1) is 0 Å². The molecular weight excluding hydrogens is 422 g/mol. The predicted octanol–water partition coefficient (Wildman–Crippen LogP) is 4.28. The monoisotopic (exact) mass is 447 g/mol. The van der Waals surface area contributed by atoms with Gasteiger partial charge in [0.05, 0.1) is 11.1 Å². The number of pyridine rings is 1. The average Bonchev–Trinajstić information content (AvgIpc) is 3.08. The van der Waals surface area contributed by atoms with Gasteiger partial charge in [-0.3, -0.25) is 9.78 Å². The molecule has 0 spiro atoms. The lowest BCUT2D eigenvalue weighted by molar-refractivity contribution is 0.0735. The van der Waals surface area contributed by atoms with Crippen LogP contribution in [0.25, 0.3) is 0 Å². The normalized spacial score (nSPS) is 20.8. The summed E-state index contributed by atoms with van der Waals surface area (Å²) in [5.74, 6) is -0.176. The number of rotatable bonds is 4. The van der Waals surface area contributed by atoms with Crippen LogP contribution in [-0.4, -0.2) is 48.1 Å². The van der Waals surface area contributed by atoms with Crippen molar-refractivity contribution in [3.05, 3.63) is 58.9 Å². The molecule has 1 aromatic heterocycles. The van der Waals surface area contributed by atoms with Crippen molar-refractivity contribution in [3.63, 3.8) is 0 Å². The van der Waals surface area contributed by atoms with Gasteiger partial charge in [-0.2, -0.15) is 4.31 Å². The summed E-state index contributed by atoms with van der Waals surface area (Å²) < 4.78 is 28.0. The Morgan fingerprint density at radius 2 is 1.80 bits per heavy atom. The molecule has 4 rings (SSSR count). The summed E-state index contributed by atoms with van der Waals surface area (Å²) in [6, 6.07) is 8.38. The van der Waals surface area contributed by atoms with Gasteiger partial charge in [0.1, 0.15) is 4.90 Å². The van der Waals surface area contributed by atoms with E-state index in [1.807, 2.05) is 17.0 Å². The van der Waals surface area contributed by atoms with E-state index in [1.54, 1.807) is 18.5 Å². The summed E-state index contributed by atoms with van der Waals surface area (Å²) in [6.45, 7) is 1.62. The van der Waals surface area contributed by atoms with Crippen molar-refractivity contribution in [2.45, 2.75) is 49.5 Å². The first-order valence-electron chi connectivity index (χ1n) is 10.5. The molecule has 0 unspecified atom stereocenters. The molecule has 30 heavy (non-hydrogen) atoms. The Balaban J connectivity index is 1.63. The van der Waals surface area contributed by atoms with Crippen LogP contribution in [0.15, 0.2) is 47.6 Å². The first-order chi connectivity index (χ1) is 14.5. The van der Waals surface area contributed by atoms with Crippen molar-refractivity contribution in [1.29, 1.82) is 0 Å². The average molecular weight is 448 g/mol. The maximum atomic E-state index is 13.3. The van der Waals surface area contributed by atoms with E-state index in [4.69, 9.17) is 11.6 Å². The third-order valence-electron chi connectivity index (χ3n) is 5.94. The number of halogens is 1. The molecule has 2 aromatic rings. The summed E-state index contributed by atoms with van der Waals surface area (Å²) in [5.41, 5.74) is 1.35. The van der Waals surface area contributed by atoms with Gasteiger partial charge in [-0.15, -0.1) is 0 Å². The van der Waals surface area contributed by atoms with Gasteiger partial charge in [0, 0.05) is 37.6 Å². The molecule has 0 N–H and O–H groups in total. The minimum atomic E-state index is -3.74. The van der Waals surface area contributed by atoms with Crippen molar-refractivity contribution < 1.29 is 13.2 Å². The van der Waals surface area contributed by atoms with E-state index in [0.29, 0.717) is 25.2 Å². The van der Waals surface area contributed by atoms with E-state index in [2.05, 4.69) is 4.98 Å². The smallest absolute Gasteiger partial charge is 0.254 e. The zero-order valence-electron chi connectivity index (χ0n) is 16.8. The van der Waals surface area contributed by atoms with Crippen molar-refractivity contribution in [2.24, 2.45) is 0 Å². The number of hydrogen-bond acceptors (Lipinski definition) is 4. The highest BCUT2D eigenvalue weighted by atomic mass is 35.5. The Hall–Kier alpha value is -1.96. The first-order valence-corrected chi connectivity index (χ1v) is 12.3. The standard InChI is InChI=1S/C22H26ClN3O3S/c23-19-10-9-17(15-21(19)30(28,29)25-12-3-1-2-4-13-25)22(27)26-14-6-8-20(26)18-7-5-11-24-16-18/h5,7,9-11,15-16,20H,1-4,6,8,12-14H2/t20-/m0/s1. The summed E-state index contributed by atoms with van der Waals surface area (Å²) in [5, 5.41) is 0.154. The van der Waals surface area contributed by atoms with Gasteiger partial charge in [-0.05, 0) is 55.5 Å². The highest BCUT2D eigenvalue weighted by molar-refractivity contribution is 7.89. The van der Waals surface area contributed by atoms with Crippen molar-refractivity contribution >= 4 is 27.5 Å². The Morgan fingerprint density at radius 3 is 2.50 bits per heavy atom. The van der Waals surface area contributed by atoms with Gasteiger partial charge in [0.25, 0.3) is 5.91 Å². The number of carbonyl (C=O) groups is 1. The summed E-state index contributed by atoms with van der Waals surface area (Å²) in [4.78, 5) is 19.3. The topological polar surface area (TPSA) is 70.6 Å². The van der Waals surface area contributed by atoms with E-state index in [-0.39, 0.29) is 21.9 Å². The molecule has 1 amide bonds. The minimum Gasteiger partial charge on any atom is -0.332 e. The Bertz CT molecular complexity index is 1010. The molecule has 6 nitrogen and oxygen atoms in total.